The van der Waals surface area contributed by atoms with Crippen molar-refractivity contribution in [2.45, 2.75) is 64.3 Å². The van der Waals surface area contributed by atoms with Crippen LogP contribution >= 0.6 is 46.4 Å². The molecule has 0 amide bonds. The van der Waals surface area contributed by atoms with E-state index < -0.39 is 14.4 Å². The summed E-state index contributed by atoms with van der Waals surface area (Å²) in [7, 11) is -1.97. The van der Waals surface area contributed by atoms with Crippen molar-refractivity contribution in [3.63, 3.8) is 0 Å². The molecule has 1 aromatic carbocycles. The highest BCUT2D eigenvalue weighted by Crippen LogP contribution is 2.51. The van der Waals surface area contributed by atoms with Gasteiger partial charge in [-0.25, -0.2) is 0 Å². The quantitative estimate of drug-likeness (QED) is 0.365. The Morgan fingerprint density at radius 1 is 0.840 bits per heavy atom. The van der Waals surface area contributed by atoms with Gasteiger partial charge in [0, 0.05) is 6.42 Å². The maximum atomic E-state index is 12.3. The van der Waals surface area contributed by atoms with Crippen molar-refractivity contribution in [2.75, 3.05) is 0 Å². The molecule has 1 aliphatic rings. The molecule has 8 heteroatoms. The molecule has 2 rings (SSSR count). The van der Waals surface area contributed by atoms with Crippen LogP contribution in [0, 0.1) is 0 Å². The van der Waals surface area contributed by atoms with Crippen LogP contribution in [0.15, 0.2) is 0 Å². The van der Waals surface area contributed by atoms with E-state index in [0.717, 1.165) is 25.7 Å². The summed E-state index contributed by atoms with van der Waals surface area (Å²) in [6.07, 6.45) is 4.51. The molecule has 1 saturated carbocycles. The standard InChI is InChI=1S/C17H22Cl4O3Si/c1-25(2,3)24-17-14(20)12(18)16(13(19)15(17)21)23-11-9-7-5-4-6-8-10(11)22/h11H,4-9H2,1-3H3. The zero-order valence-electron chi connectivity index (χ0n) is 14.6. The Morgan fingerprint density at radius 3 is 1.92 bits per heavy atom. The Hall–Kier alpha value is -0.133. The van der Waals surface area contributed by atoms with Crippen LogP contribution in [-0.4, -0.2) is 20.2 Å². The molecule has 0 aliphatic heterocycles. The molecule has 0 N–H and O–H groups in total. The lowest BCUT2D eigenvalue weighted by Crippen LogP contribution is -2.30. The van der Waals surface area contributed by atoms with Crippen molar-refractivity contribution >= 4 is 60.5 Å². The van der Waals surface area contributed by atoms with E-state index >= 15 is 0 Å². The van der Waals surface area contributed by atoms with Gasteiger partial charge in [-0.2, -0.15) is 0 Å². The first-order valence-electron chi connectivity index (χ1n) is 8.36. The molecule has 0 aromatic heterocycles. The van der Waals surface area contributed by atoms with Gasteiger partial charge in [-0.3, -0.25) is 4.79 Å². The minimum absolute atomic E-state index is 0.0569. The minimum Gasteiger partial charge on any atom is -0.542 e. The third kappa shape index (κ3) is 5.42. The number of benzene rings is 1. The first kappa shape index (κ1) is 21.2. The van der Waals surface area contributed by atoms with E-state index in [9.17, 15) is 4.79 Å². The molecular formula is C17H22Cl4O3Si. The van der Waals surface area contributed by atoms with Gasteiger partial charge in [0.25, 0.3) is 0 Å². The molecule has 0 spiro atoms. The second-order valence-corrected chi connectivity index (χ2v) is 13.1. The van der Waals surface area contributed by atoms with Gasteiger partial charge in [0.15, 0.2) is 17.6 Å². The fourth-order valence-corrected chi connectivity index (χ4v) is 4.59. The largest absolute Gasteiger partial charge is 0.542 e. The molecule has 1 atom stereocenters. The molecule has 1 fully saturated rings. The minimum atomic E-state index is -1.97. The van der Waals surface area contributed by atoms with Crippen molar-refractivity contribution < 1.29 is 14.0 Å². The highest BCUT2D eigenvalue weighted by atomic mass is 35.5. The number of carbonyl (C=O) groups is 1. The molecule has 1 aromatic rings. The van der Waals surface area contributed by atoms with E-state index in [-0.39, 0.29) is 37.4 Å². The van der Waals surface area contributed by atoms with Crippen LogP contribution < -0.4 is 9.16 Å². The van der Waals surface area contributed by atoms with Crippen LogP contribution in [0.1, 0.15) is 38.5 Å². The van der Waals surface area contributed by atoms with Gasteiger partial charge in [-0.1, -0.05) is 59.2 Å². The van der Waals surface area contributed by atoms with Crippen LogP contribution in [0.25, 0.3) is 0 Å². The Labute approximate surface area is 170 Å². The molecule has 25 heavy (non-hydrogen) atoms. The van der Waals surface area contributed by atoms with Gasteiger partial charge in [-0.15, -0.1) is 0 Å². The second-order valence-electron chi connectivity index (χ2n) is 7.15. The molecule has 1 aliphatic carbocycles. The average Bonchev–Trinajstić information content (AvgIpc) is 2.51. The molecule has 0 heterocycles. The van der Waals surface area contributed by atoms with E-state index in [4.69, 9.17) is 55.6 Å². The van der Waals surface area contributed by atoms with Crippen LogP contribution in [0.4, 0.5) is 0 Å². The lowest BCUT2D eigenvalue weighted by atomic mass is 9.97. The Balaban J connectivity index is 2.36. The normalized spacial score (nSPS) is 19.3. The molecule has 0 radical (unpaired) electrons. The first-order valence-corrected chi connectivity index (χ1v) is 13.3. The maximum Gasteiger partial charge on any atom is 0.242 e. The summed E-state index contributed by atoms with van der Waals surface area (Å²) < 4.78 is 11.8. The summed E-state index contributed by atoms with van der Waals surface area (Å²) in [6, 6.07) is 0. The van der Waals surface area contributed by atoms with Gasteiger partial charge >= 0.3 is 0 Å². The highest BCUT2D eigenvalue weighted by Gasteiger charge is 2.30. The fraction of sp³-hybridized carbons (Fsp3) is 0.588. The monoisotopic (exact) mass is 442 g/mol. The van der Waals surface area contributed by atoms with E-state index in [2.05, 4.69) is 0 Å². The number of halogens is 4. The van der Waals surface area contributed by atoms with Gasteiger partial charge in [-0.05, 0) is 38.9 Å². The summed E-state index contributed by atoms with van der Waals surface area (Å²) in [6.45, 7) is 6.00. The number of hydrogen-bond acceptors (Lipinski definition) is 3. The summed E-state index contributed by atoms with van der Waals surface area (Å²) >= 11 is 25.4. The summed E-state index contributed by atoms with van der Waals surface area (Å²) in [5, 5.41) is 0.567. The van der Waals surface area contributed by atoms with Crippen LogP contribution in [-0.2, 0) is 4.79 Å². The zero-order chi connectivity index (χ0) is 18.8. The third-order valence-corrected chi connectivity index (χ3v) is 6.30. The van der Waals surface area contributed by atoms with Crippen LogP contribution in [0.3, 0.4) is 0 Å². The summed E-state index contributed by atoms with van der Waals surface area (Å²) in [5.74, 6) is 0.482. The lowest BCUT2D eigenvalue weighted by molar-refractivity contribution is -0.126. The topological polar surface area (TPSA) is 35.5 Å². The average molecular weight is 444 g/mol. The van der Waals surface area contributed by atoms with E-state index in [1.165, 1.54) is 0 Å². The van der Waals surface area contributed by atoms with Crippen molar-refractivity contribution in [3.8, 4) is 11.5 Å². The number of carbonyl (C=O) groups excluding carboxylic acids is 1. The molecule has 1 unspecified atom stereocenters. The predicted molar refractivity (Wildman–Crippen MR) is 108 cm³/mol. The maximum absolute atomic E-state index is 12.3. The smallest absolute Gasteiger partial charge is 0.242 e. The van der Waals surface area contributed by atoms with E-state index in [1.54, 1.807) is 0 Å². The number of hydrogen-bond donors (Lipinski definition) is 0. The number of Topliss-reactive ketones (excluding diaryl/α,β-unsaturated/α-hetero) is 1. The second kappa shape index (κ2) is 8.70. The van der Waals surface area contributed by atoms with Crippen molar-refractivity contribution in [2.24, 2.45) is 0 Å². The molecule has 140 valence electrons. The van der Waals surface area contributed by atoms with Gasteiger partial charge in [0.2, 0.25) is 8.32 Å². The molecular weight excluding hydrogens is 422 g/mol. The predicted octanol–water partition coefficient (Wildman–Crippen LogP) is 7.18. The number of ether oxygens (including phenoxy) is 1. The molecule has 0 saturated heterocycles. The Kier molecular flexibility index (Phi) is 7.37. The van der Waals surface area contributed by atoms with Crippen molar-refractivity contribution in [1.29, 1.82) is 0 Å². The third-order valence-electron chi connectivity index (χ3n) is 3.85. The van der Waals surface area contributed by atoms with Crippen LogP contribution in [0.5, 0.6) is 11.5 Å². The van der Waals surface area contributed by atoms with Gasteiger partial charge < -0.3 is 9.16 Å². The molecule has 0 bridgehead atoms. The highest BCUT2D eigenvalue weighted by molar-refractivity contribution is 6.70. The van der Waals surface area contributed by atoms with Crippen molar-refractivity contribution in [3.05, 3.63) is 20.1 Å². The van der Waals surface area contributed by atoms with Crippen molar-refractivity contribution in [1.82, 2.24) is 0 Å². The van der Waals surface area contributed by atoms with E-state index in [0.29, 0.717) is 12.8 Å². The zero-order valence-corrected chi connectivity index (χ0v) is 18.6. The Bertz CT molecular complexity index is 629. The van der Waals surface area contributed by atoms with E-state index in [1.807, 2.05) is 19.6 Å². The molecule has 3 nitrogen and oxygen atoms in total. The van der Waals surface area contributed by atoms with Crippen LogP contribution in [0.2, 0.25) is 39.7 Å². The fourth-order valence-electron chi connectivity index (χ4n) is 2.66. The number of ketones is 1. The van der Waals surface area contributed by atoms with Gasteiger partial charge in [0.05, 0.1) is 0 Å². The lowest BCUT2D eigenvalue weighted by Gasteiger charge is -2.25. The van der Waals surface area contributed by atoms with Gasteiger partial charge in [0.1, 0.15) is 25.8 Å². The number of rotatable bonds is 4. The summed E-state index contributed by atoms with van der Waals surface area (Å²) in [5.41, 5.74) is 0. The first-order chi connectivity index (χ1) is 11.6. The Morgan fingerprint density at radius 2 is 1.36 bits per heavy atom. The SMILES string of the molecule is C[Si](C)(C)Oc1c(Cl)c(Cl)c(OC2CCCCCCC2=O)c(Cl)c1Cl. The summed E-state index contributed by atoms with van der Waals surface area (Å²) in [4.78, 5) is 12.3.